The highest BCUT2D eigenvalue weighted by Crippen LogP contribution is 1.88. The Morgan fingerprint density at radius 3 is 2.00 bits per heavy atom. The number of allylic oxidation sites excluding steroid dienone is 4. The van der Waals surface area contributed by atoms with E-state index in [1.165, 1.54) is 0 Å². The first-order valence-electron chi connectivity index (χ1n) is 2.14. The number of hydrogen-bond donors (Lipinski definition) is 0. The fourth-order valence-corrected chi connectivity index (χ4v) is 0.355. The molecule has 0 amide bonds. The minimum absolute atomic E-state index is 0. The molecule has 0 saturated carbocycles. The van der Waals surface area contributed by atoms with Gasteiger partial charge in [0.05, 0.1) is 12.5 Å². The molecule has 0 bridgehead atoms. The van der Waals surface area contributed by atoms with Crippen LogP contribution in [-0.2, 0) is 4.74 Å². The Hall–Kier alpha value is -0.980. The van der Waals surface area contributed by atoms with E-state index in [4.69, 9.17) is 4.74 Å². The highest BCUT2D eigenvalue weighted by molar-refractivity contribution is 5.11. The molecule has 1 aliphatic rings. The van der Waals surface area contributed by atoms with Gasteiger partial charge in [0.15, 0.2) is 0 Å². The summed E-state index contributed by atoms with van der Waals surface area (Å²) in [5.74, 6) is 0. The van der Waals surface area contributed by atoms with E-state index in [1.807, 2.05) is 24.3 Å². The summed E-state index contributed by atoms with van der Waals surface area (Å²) in [6.45, 7) is 0. The Bertz CT molecular complexity index is 110. The second kappa shape index (κ2) is 2.24. The van der Waals surface area contributed by atoms with Gasteiger partial charge in [0, 0.05) is 0 Å². The van der Waals surface area contributed by atoms with Gasteiger partial charge in [0.2, 0.25) is 0 Å². The van der Waals surface area contributed by atoms with Crippen molar-refractivity contribution >= 4 is 0 Å². The lowest BCUT2D eigenvalue weighted by Gasteiger charge is -1.79. The average Bonchev–Trinajstić information content (AvgIpc) is 1.90. The first kappa shape index (κ1) is 4.19. The molecule has 1 heteroatoms. The Morgan fingerprint density at radius 2 is 1.43 bits per heavy atom. The highest BCUT2D eigenvalue weighted by Gasteiger charge is 1.69. The lowest BCUT2D eigenvalue weighted by Crippen LogP contribution is -1.56. The normalized spacial score (nSPS) is 16.0. The fourth-order valence-electron chi connectivity index (χ4n) is 0.355. The van der Waals surface area contributed by atoms with E-state index in [2.05, 4.69) is 0 Å². The third kappa shape index (κ3) is 1.26. The van der Waals surface area contributed by atoms with Gasteiger partial charge in [-0.15, -0.1) is 0 Å². The zero-order chi connectivity index (χ0) is 4.95. The molecule has 0 unspecified atom stereocenters. The smallest absolute Gasteiger partial charge is 0.473 e. The highest BCUT2D eigenvalue weighted by atomic mass is 16.5. The van der Waals surface area contributed by atoms with Crippen LogP contribution in [0.25, 0.3) is 0 Å². The summed E-state index contributed by atoms with van der Waals surface area (Å²) in [5.41, 5.74) is 0. The lowest BCUT2D eigenvalue weighted by atomic mass is 10.5. The molecule has 0 saturated heterocycles. The molecule has 1 rings (SSSR count). The summed E-state index contributed by atoms with van der Waals surface area (Å²) in [5, 5.41) is 0. The molecule has 0 aromatic rings. The van der Waals surface area contributed by atoms with Gasteiger partial charge < -0.3 is 4.74 Å². The fraction of sp³-hybridized carbons (Fsp3) is 0. The van der Waals surface area contributed by atoms with Gasteiger partial charge >= 0.3 is 1.43 Å². The quantitative estimate of drug-likeness (QED) is 0.445. The minimum atomic E-state index is 0. The van der Waals surface area contributed by atoms with Crippen molar-refractivity contribution in [1.29, 1.82) is 0 Å². The van der Waals surface area contributed by atoms with Crippen LogP contribution in [0.3, 0.4) is 0 Å². The summed E-state index contributed by atoms with van der Waals surface area (Å²) in [7, 11) is 0. The number of hydrogen-bond acceptors (Lipinski definition) is 1. The van der Waals surface area contributed by atoms with Crippen molar-refractivity contribution in [2.45, 2.75) is 0 Å². The lowest BCUT2D eigenvalue weighted by molar-refractivity contribution is 0.404. The molecular weight excluding hydrogens is 88.1 g/mol. The second-order valence-electron chi connectivity index (χ2n) is 1.18. The van der Waals surface area contributed by atoms with E-state index in [9.17, 15) is 0 Å². The van der Waals surface area contributed by atoms with Crippen molar-refractivity contribution in [3.8, 4) is 0 Å². The molecule has 7 heavy (non-hydrogen) atoms. The van der Waals surface area contributed by atoms with Gasteiger partial charge in [-0.2, -0.15) is 0 Å². The van der Waals surface area contributed by atoms with Crippen molar-refractivity contribution in [3.63, 3.8) is 0 Å². The van der Waals surface area contributed by atoms with Gasteiger partial charge in [-0.25, -0.2) is 0 Å². The standard InChI is InChI=1S/C6H6O/c1-2-4-6-7-5-3-1/h1-6H/p+1. The van der Waals surface area contributed by atoms with Crippen LogP contribution < -0.4 is 0 Å². The van der Waals surface area contributed by atoms with Crippen LogP contribution in [0.2, 0.25) is 0 Å². The van der Waals surface area contributed by atoms with Gasteiger partial charge in [0.1, 0.15) is 0 Å². The van der Waals surface area contributed by atoms with Gasteiger partial charge in [-0.05, 0) is 12.2 Å². The Labute approximate surface area is 44.1 Å². The van der Waals surface area contributed by atoms with Crippen molar-refractivity contribution in [2.75, 3.05) is 0 Å². The molecule has 1 aliphatic heterocycles. The van der Waals surface area contributed by atoms with Crippen LogP contribution in [0.5, 0.6) is 0 Å². The van der Waals surface area contributed by atoms with Gasteiger partial charge in [-0.1, -0.05) is 12.2 Å². The number of rotatable bonds is 0. The van der Waals surface area contributed by atoms with E-state index < -0.39 is 0 Å². The molecule has 0 fully saturated rings. The molecule has 0 aromatic heterocycles. The maximum absolute atomic E-state index is 4.77. The van der Waals surface area contributed by atoms with Crippen LogP contribution in [0.1, 0.15) is 1.43 Å². The van der Waals surface area contributed by atoms with Crippen LogP contribution in [0.15, 0.2) is 36.8 Å². The van der Waals surface area contributed by atoms with Crippen LogP contribution in [-0.4, -0.2) is 0 Å². The molecular formula is C6H7O+. The molecule has 1 nitrogen and oxygen atoms in total. The van der Waals surface area contributed by atoms with E-state index in [-0.39, 0.29) is 1.43 Å². The van der Waals surface area contributed by atoms with Crippen LogP contribution in [0, 0.1) is 0 Å². The van der Waals surface area contributed by atoms with Crippen molar-refractivity contribution in [3.05, 3.63) is 36.8 Å². The van der Waals surface area contributed by atoms with Gasteiger partial charge in [0.25, 0.3) is 0 Å². The molecule has 1 heterocycles. The summed E-state index contributed by atoms with van der Waals surface area (Å²) in [4.78, 5) is 0. The Kier molecular flexibility index (Phi) is 1.34. The van der Waals surface area contributed by atoms with Crippen molar-refractivity contribution in [2.24, 2.45) is 0 Å². The van der Waals surface area contributed by atoms with Crippen molar-refractivity contribution < 1.29 is 6.16 Å². The van der Waals surface area contributed by atoms with E-state index in [1.54, 1.807) is 12.5 Å². The molecule has 0 radical (unpaired) electrons. The molecule has 0 aliphatic carbocycles. The Morgan fingerprint density at radius 1 is 0.857 bits per heavy atom. The summed E-state index contributed by atoms with van der Waals surface area (Å²) in [6.07, 6.45) is 10.7. The van der Waals surface area contributed by atoms with E-state index in [0.717, 1.165) is 0 Å². The maximum atomic E-state index is 4.77. The summed E-state index contributed by atoms with van der Waals surface area (Å²) >= 11 is 0. The molecule has 0 atom stereocenters. The topological polar surface area (TPSA) is 9.23 Å². The monoisotopic (exact) mass is 95.0 g/mol. The number of ether oxygens (including phenoxy) is 1. The van der Waals surface area contributed by atoms with Gasteiger partial charge in [-0.3, -0.25) is 0 Å². The molecule has 0 N–H and O–H groups in total. The van der Waals surface area contributed by atoms with Crippen LogP contribution in [0.4, 0.5) is 0 Å². The summed E-state index contributed by atoms with van der Waals surface area (Å²) in [6, 6.07) is 0. The molecule has 0 spiro atoms. The predicted molar refractivity (Wildman–Crippen MR) is 29.6 cm³/mol. The minimum Gasteiger partial charge on any atom is -0.473 e. The van der Waals surface area contributed by atoms with E-state index >= 15 is 0 Å². The SMILES string of the molecule is C1=CC=COC=C1.[H+]. The van der Waals surface area contributed by atoms with E-state index in [0.29, 0.717) is 0 Å². The predicted octanol–water partition coefficient (Wildman–Crippen LogP) is 1.71. The first-order valence-corrected chi connectivity index (χ1v) is 2.14. The largest absolute Gasteiger partial charge is 1.00 e. The maximum Gasteiger partial charge on any atom is 1.00 e. The third-order valence-electron chi connectivity index (χ3n) is 0.648. The van der Waals surface area contributed by atoms with Crippen molar-refractivity contribution in [1.82, 2.24) is 0 Å². The Balaban J connectivity index is 0.000000490. The molecule has 36 valence electrons. The summed E-state index contributed by atoms with van der Waals surface area (Å²) < 4.78 is 4.77. The van der Waals surface area contributed by atoms with Crippen LogP contribution >= 0.6 is 0 Å². The third-order valence-corrected chi connectivity index (χ3v) is 0.648. The zero-order valence-corrected chi connectivity index (χ0v) is 3.87. The zero-order valence-electron chi connectivity index (χ0n) is 4.87. The first-order chi connectivity index (χ1) is 3.50. The average molecular weight is 95.1 g/mol. The molecule has 0 aromatic carbocycles. The second-order valence-corrected chi connectivity index (χ2v) is 1.18.